The van der Waals surface area contributed by atoms with Crippen LogP contribution in [-0.2, 0) is 5.41 Å². The second-order valence-corrected chi connectivity index (χ2v) is 12.2. The van der Waals surface area contributed by atoms with E-state index in [9.17, 15) is 0 Å². The van der Waals surface area contributed by atoms with Crippen molar-refractivity contribution in [1.29, 1.82) is 0 Å². The lowest BCUT2D eigenvalue weighted by Crippen LogP contribution is -2.19. The third kappa shape index (κ3) is 5.23. The predicted octanol–water partition coefficient (Wildman–Crippen LogP) is 11.5. The van der Waals surface area contributed by atoms with E-state index < -0.39 is 0 Å². The summed E-state index contributed by atoms with van der Waals surface area (Å²) in [7, 11) is 0. The maximum Gasteiger partial charge on any atom is 0.0468 e. The van der Waals surface area contributed by atoms with Crippen LogP contribution in [0.2, 0.25) is 0 Å². The van der Waals surface area contributed by atoms with Crippen LogP contribution >= 0.6 is 0 Å². The van der Waals surface area contributed by atoms with Crippen LogP contribution in [0.1, 0.15) is 47.2 Å². The van der Waals surface area contributed by atoms with Crippen LogP contribution in [0.5, 0.6) is 0 Å². The van der Waals surface area contributed by atoms with Crippen LogP contribution in [0.25, 0.3) is 21.9 Å². The van der Waals surface area contributed by atoms with Crippen LogP contribution in [0, 0.1) is 27.7 Å². The van der Waals surface area contributed by atoms with E-state index in [1.165, 1.54) is 55.3 Å². The molecule has 0 saturated heterocycles. The highest BCUT2D eigenvalue weighted by molar-refractivity contribution is 5.89. The first-order chi connectivity index (χ1) is 20.2. The summed E-state index contributed by atoms with van der Waals surface area (Å²) in [6.07, 6.45) is 0. The van der Waals surface area contributed by atoms with Crippen molar-refractivity contribution in [1.82, 2.24) is 0 Å². The van der Waals surface area contributed by atoms with E-state index >= 15 is 0 Å². The van der Waals surface area contributed by atoms with Gasteiger partial charge in [-0.15, -0.1) is 0 Å². The van der Waals surface area contributed by atoms with Crippen molar-refractivity contribution < 1.29 is 0 Å². The fourth-order valence-electron chi connectivity index (χ4n) is 5.92. The molecule has 0 aliphatic rings. The minimum absolute atomic E-state index is 0.0694. The van der Waals surface area contributed by atoms with Gasteiger partial charge in [-0.25, -0.2) is 0 Å². The van der Waals surface area contributed by atoms with Crippen molar-refractivity contribution in [3.05, 3.63) is 161 Å². The smallest absolute Gasteiger partial charge is 0.0468 e. The highest BCUT2D eigenvalue weighted by Gasteiger charge is 2.24. The lowest BCUT2D eigenvalue weighted by atomic mass is 9.76. The topological polar surface area (TPSA) is 3.24 Å². The number of aryl methyl sites for hydroxylation is 4. The Morgan fingerprint density at radius 2 is 1.02 bits per heavy atom. The molecule has 0 N–H and O–H groups in total. The Morgan fingerprint density at radius 1 is 0.452 bits per heavy atom. The first-order valence-electron chi connectivity index (χ1n) is 14.9. The Kier molecular flexibility index (Phi) is 7.21. The summed E-state index contributed by atoms with van der Waals surface area (Å²) in [5, 5.41) is 2.49. The molecule has 0 spiro atoms. The maximum atomic E-state index is 2.37. The van der Waals surface area contributed by atoms with Crippen LogP contribution in [0.3, 0.4) is 0 Å². The standard InChI is InChI=1S/C41H39N/c1-28-11-19-37(20-12-28)42(39-23-14-32-9-7-8-10-34(32)27-39)38-21-15-33(16-22-38)40-24-18-36(26-31(40)4)41(5,6)35-17-13-29(2)30(3)25-35/h7-27H,1-6H3. The van der Waals surface area contributed by atoms with E-state index in [1.807, 2.05) is 0 Å². The Labute approximate surface area is 251 Å². The molecule has 0 aliphatic heterocycles. The van der Waals surface area contributed by atoms with Gasteiger partial charge < -0.3 is 4.90 Å². The van der Waals surface area contributed by atoms with Gasteiger partial charge in [0.2, 0.25) is 0 Å². The van der Waals surface area contributed by atoms with Crippen molar-refractivity contribution >= 4 is 27.8 Å². The molecule has 0 saturated carbocycles. The van der Waals surface area contributed by atoms with Crippen molar-refractivity contribution in [2.75, 3.05) is 4.90 Å². The van der Waals surface area contributed by atoms with Crippen molar-refractivity contribution in [3.63, 3.8) is 0 Å². The molecular formula is C41H39N. The summed E-state index contributed by atoms with van der Waals surface area (Å²) >= 11 is 0. The SMILES string of the molecule is Cc1ccc(N(c2ccc(-c3ccc(C(C)(C)c4ccc(C)c(C)c4)cc3C)cc2)c2ccc3ccccc3c2)cc1. The van der Waals surface area contributed by atoms with Gasteiger partial charge in [0.1, 0.15) is 0 Å². The molecule has 0 fully saturated rings. The summed E-state index contributed by atoms with van der Waals surface area (Å²) in [6, 6.07) is 46.9. The number of hydrogen-bond donors (Lipinski definition) is 0. The van der Waals surface area contributed by atoms with Crippen molar-refractivity contribution in [2.24, 2.45) is 0 Å². The van der Waals surface area contributed by atoms with Crippen LogP contribution in [-0.4, -0.2) is 0 Å². The molecular weight excluding hydrogens is 506 g/mol. The molecule has 42 heavy (non-hydrogen) atoms. The Morgan fingerprint density at radius 3 is 1.67 bits per heavy atom. The monoisotopic (exact) mass is 545 g/mol. The van der Waals surface area contributed by atoms with Gasteiger partial charge in [0.15, 0.2) is 0 Å². The van der Waals surface area contributed by atoms with Gasteiger partial charge in [-0.2, -0.15) is 0 Å². The minimum Gasteiger partial charge on any atom is -0.310 e. The van der Waals surface area contributed by atoms with Crippen molar-refractivity contribution in [2.45, 2.75) is 47.0 Å². The molecule has 1 heteroatoms. The second kappa shape index (κ2) is 11.0. The van der Waals surface area contributed by atoms with E-state index in [1.54, 1.807) is 0 Å². The van der Waals surface area contributed by atoms with E-state index in [2.05, 4.69) is 174 Å². The maximum absolute atomic E-state index is 2.37. The Hall–Kier alpha value is -4.62. The third-order valence-electron chi connectivity index (χ3n) is 8.90. The summed E-state index contributed by atoms with van der Waals surface area (Å²) in [5.74, 6) is 0. The zero-order valence-electron chi connectivity index (χ0n) is 25.6. The number of rotatable bonds is 6. The third-order valence-corrected chi connectivity index (χ3v) is 8.90. The summed E-state index contributed by atoms with van der Waals surface area (Å²) in [5.41, 5.74) is 13.8. The highest BCUT2D eigenvalue weighted by Crippen LogP contribution is 2.39. The molecule has 0 unspecified atom stereocenters. The first kappa shape index (κ1) is 27.5. The van der Waals surface area contributed by atoms with Gasteiger partial charge in [0.25, 0.3) is 0 Å². The summed E-state index contributed by atoms with van der Waals surface area (Å²) < 4.78 is 0. The van der Waals surface area contributed by atoms with Crippen molar-refractivity contribution in [3.8, 4) is 11.1 Å². The largest absolute Gasteiger partial charge is 0.310 e. The van der Waals surface area contributed by atoms with Crippen LogP contribution in [0.15, 0.2) is 127 Å². The van der Waals surface area contributed by atoms with E-state index in [-0.39, 0.29) is 5.41 Å². The molecule has 1 nitrogen and oxygen atoms in total. The average Bonchev–Trinajstić information content (AvgIpc) is 3.00. The molecule has 0 heterocycles. The van der Waals surface area contributed by atoms with Gasteiger partial charge in [-0.3, -0.25) is 0 Å². The molecule has 6 aromatic rings. The lowest BCUT2D eigenvalue weighted by Gasteiger charge is -2.28. The molecule has 0 bridgehead atoms. The van der Waals surface area contributed by atoms with Gasteiger partial charge in [0, 0.05) is 22.5 Å². The van der Waals surface area contributed by atoms with E-state index in [0.717, 1.165) is 17.1 Å². The predicted molar refractivity (Wildman–Crippen MR) is 182 cm³/mol. The fraction of sp³-hybridized carbons (Fsp3) is 0.171. The molecule has 0 atom stereocenters. The van der Waals surface area contributed by atoms with Gasteiger partial charge in [-0.05, 0) is 114 Å². The number of nitrogens with zero attached hydrogens (tertiary/aromatic N) is 1. The van der Waals surface area contributed by atoms with Gasteiger partial charge in [0.05, 0.1) is 0 Å². The molecule has 0 radical (unpaired) electrons. The molecule has 6 aromatic carbocycles. The zero-order chi connectivity index (χ0) is 29.4. The molecule has 208 valence electrons. The highest BCUT2D eigenvalue weighted by atomic mass is 15.1. The van der Waals surface area contributed by atoms with E-state index in [4.69, 9.17) is 0 Å². The second-order valence-electron chi connectivity index (χ2n) is 12.2. The number of fused-ring (bicyclic) bond motifs is 1. The van der Waals surface area contributed by atoms with E-state index in [0.29, 0.717) is 0 Å². The Balaban J connectivity index is 1.35. The number of benzene rings is 6. The average molecular weight is 546 g/mol. The molecule has 0 aromatic heterocycles. The van der Waals surface area contributed by atoms with Crippen LogP contribution < -0.4 is 4.90 Å². The number of anilines is 3. The normalized spacial score (nSPS) is 11.6. The fourth-order valence-corrected chi connectivity index (χ4v) is 5.92. The summed E-state index contributed by atoms with van der Waals surface area (Å²) in [6.45, 7) is 13.4. The van der Waals surface area contributed by atoms with Gasteiger partial charge >= 0.3 is 0 Å². The number of hydrogen-bond acceptors (Lipinski definition) is 1. The zero-order valence-corrected chi connectivity index (χ0v) is 25.6. The quantitative estimate of drug-likeness (QED) is 0.201. The molecule has 6 rings (SSSR count). The Bertz CT molecular complexity index is 1870. The molecule has 0 aliphatic carbocycles. The summed E-state index contributed by atoms with van der Waals surface area (Å²) in [4.78, 5) is 2.34. The molecule has 0 amide bonds. The van der Waals surface area contributed by atoms with Crippen LogP contribution in [0.4, 0.5) is 17.1 Å². The lowest BCUT2D eigenvalue weighted by molar-refractivity contribution is 0.639. The minimum atomic E-state index is -0.0694. The first-order valence-corrected chi connectivity index (χ1v) is 14.9. The van der Waals surface area contributed by atoms with Gasteiger partial charge in [-0.1, -0.05) is 110 Å².